The summed E-state index contributed by atoms with van der Waals surface area (Å²) in [6.07, 6.45) is 2.72. The van der Waals surface area contributed by atoms with Crippen LogP contribution in [0, 0.1) is 5.92 Å². The highest BCUT2D eigenvalue weighted by molar-refractivity contribution is 7.89. The van der Waals surface area contributed by atoms with Crippen LogP contribution in [-0.2, 0) is 10.0 Å². The quantitative estimate of drug-likeness (QED) is 0.792. The average Bonchev–Trinajstić information content (AvgIpc) is 2.33. The summed E-state index contributed by atoms with van der Waals surface area (Å²) in [5, 5.41) is 9.63. The summed E-state index contributed by atoms with van der Waals surface area (Å²) in [5.74, 6) is -0.0774. The van der Waals surface area contributed by atoms with Gasteiger partial charge in [-0.2, -0.15) is 4.31 Å². The second-order valence-electron chi connectivity index (χ2n) is 4.61. The van der Waals surface area contributed by atoms with Crippen LogP contribution in [0.5, 0.6) is 0 Å². The minimum absolute atomic E-state index is 0.0357. The Kier molecular flexibility index (Phi) is 3.56. The summed E-state index contributed by atoms with van der Waals surface area (Å²) < 4.78 is 26.1. The Morgan fingerprint density at radius 3 is 2.89 bits per heavy atom. The molecule has 0 radical (unpaired) electrons. The Morgan fingerprint density at radius 1 is 1.56 bits per heavy atom. The standard InChI is InChI=1S/C11H17N3O3S/c1-8-7-14(5-3-10(8)15)18(16,17)11-6-13-4-2-9(11)12/h2,4,6,8,10,15H,3,5,7H2,1H3,(H2,12,13). The van der Waals surface area contributed by atoms with Gasteiger partial charge in [0, 0.05) is 25.5 Å². The summed E-state index contributed by atoms with van der Waals surface area (Å²) in [6, 6.07) is 1.47. The lowest BCUT2D eigenvalue weighted by molar-refractivity contribution is 0.0629. The fourth-order valence-corrected chi connectivity index (χ4v) is 3.67. The number of aromatic nitrogens is 1. The monoisotopic (exact) mass is 271 g/mol. The molecular weight excluding hydrogens is 254 g/mol. The third-order valence-electron chi connectivity index (χ3n) is 3.26. The minimum Gasteiger partial charge on any atom is -0.398 e. The van der Waals surface area contributed by atoms with Gasteiger partial charge in [0.05, 0.1) is 11.8 Å². The molecule has 1 aromatic heterocycles. The van der Waals surface area contributed by atoms with Gasteiger partial charge in [-0.1, -0.05) is 6.92 Å². The SMILES string of the molecule is CC1CN(S(=O)(=O)c2cnccc2N)CCC1O. The van der Waals surface area contributed by atoms with Gasteiger partial charge in [0.1, 0.15) is 4.90 Å². The van der Waals surface area contributed by atoms with Gasteiger partial charge in [0.15, 0.2) is 0 Å². The van der Waals surface area contributed by atoms with Crippen LogP contribution in [0.25, 0.3) is 0 Å². The van der Waals surface area contributed by atoms with Gasteiger partial charge in [0.2, 0.25) is 10.0 Å². The zero-order chi connectivity index (χ0) is 13.3. The normalized spacial score (nSPS) is 26.1. The van der Waals surface area contributed by atoms with E-state index >= 15 is 0 Å². The number of hydrogen-bond donors (Lipinski definition) is 2. The molecule has 1 aromatic rings. The van der Waals surface area contributed by atoms with Crippen molar-refractivity contribution < 1.29 is 13.5 Å². The summed E-state index contributed by atoms with van der Waals surface area (Å²) >= 11 is 0. The van der Waals surface area contributed by atoms with Gasteiger partial charge in [-0.15, -0.1) is 0 Å². The van der Waals surface area contributed by atoms with Crippen LogP contribution in [-0.4, -0.2) is 42.0 Å². The van der Waals surface area contributed by atoms with E-state index in [1.54, 1.807) is 0 Å². The van der Waals surface area contributed by atoms with E-state index in [2.05, 4.69) is 4.98 Å². The zero-order valence-electron chi connectivity index (χ0n) is 10.2. The summed E-state index contributed by atoms with van der Waals surface area (Å²) in [7, 11) is -3.61. The number of pyridine rings is 1. The van der Waals surface area contributed by atoms with Crippen molar-refractivity contribution in [1.82, 2.24) is 9.29 Å². The number of aliphatic hydroxyl groups is 1. The Bertz CT molecular complexity index is 532. The average molecular weight is 271 g/mol. The number of aliphatic hydroxyl groups excluding tert-OH is 1. The molecule has 0 saturated carbocycles. The molecule has 2 rings (SSSR count). The number of anilines is 1. The van der Waals surface area contributed by atoms with E-state index in [0.717, 1.165) is 0 Å². The van der Waals surface area contributed by atoms with Crippen LogP contribution in [0.2, 0.25) is 0 Å². The topological polar surface area (TPSA) is 96.5 Å². The van der Waals surface area contributed by atoms with Crippen molar-refractivity contribution in [3.63, 3.8) is 0 Å². The maximum absolute atomic E-state index is 12.4. The van der Waals surface area contributed by atoms with Crippen molar-refractivity contribution in [2.24, 2.45) is 5.92 Å². The van der Waals surface area contributed by atoms with Crippen LogP contribution in [0.15, 0.2) is 23.4 Å². The Morgan fingerprint density at radius 2 is 2.28 bits per heavy atom. The molecule has 18 heavy (non-hydrogen) atoms. The number of hydrogen-bond acceptors (Lipinski definition) is 5. The summed E-state index contributed by atoms with van der Waals surface area (Å²) in [5.41, 5.74) is 5.88. The second kappa shape index (κ2) is 4.83. The number of rotatable bonds is 2. The minimum atomic E-state index is -3.61. The smallest absolute Gasteiger partial charge is 0.246 e. The van der Waals surface area contributed by atoms with Crippen LogP contribution in [0.4, 0.5) is 5.69 Å². The molecule has 0 amide bonds. The largest absolute Gasteiger partial charge is 0.398 e. The van der Waals surface area contributed by atoms with E-state index in [4.69, 9.17) is 5.73 Å². The Hall–Kier alpha value is -1.18. The molecule has 3 N–H and O–H groups in total. The molecule has 7 heteroatoms. The van der Waals surface area contributed by atoms with E-state index in [9.17, 15) is 13.5 Å². The number of piperidine rings is 1. The molecule has 0 aromatic carbocycles. The predicted octanol–water partition coefficient (Wildman–Crippen LogP) is 0.0552. The van der Waals surface area contributed by atoms with E-state index < -0.39 is 16.1 Å². The number of sulfonamides is 1. The predicted molar refractivity (Wildman–Crippen MR) is 67.2 cm³/mol. The van der Waals surface area contributed by atoms with Crippen molar-refractivity contribution in [1.29, 1.82) is 0 Å². The van der Waals surface area contributed by atoms with Crippen molar-refractivity contribution in [3.8, 4) is 0 Å². The molecule has 1 aliphatic rings. The molecule has 1 saturated heterocycles. The fourth-order valence-electron chi connectivity index (χ4n) is 2.06. The Labute approximate surface area is 106 Å². The van der Waals surface area contributed by atoms with E-state index in [1.165, 1.54) is 22.8 Å². The fraction of sp³-hybridized carbons (Fsp3) is 0.545. The maximum atomic E-state index is 12.4. The van der Waals surface area contributed by atoms with E-state index in [1.807, 2.05) is 6.92 Å². The Balaban J connectivity index is 2.30. The van der Waals surface area contributed by atoms with Crippen molar-refractivity contribution >= 4 is 15.7 Å². The summed E-state index contributed by atoms with van der Waals surface area (Å²) in [4.78, 5) is 3.84. The number of nitrogens with zero attached hydrogens (tertiary/aromatic N) is 2. The van der Waals surface area contributed by atoms with Crippen molar-refractivity contribution in [2.75, 3.05) is 18.8 Å². The first-order valence-corrected chi connectivity index (χ1v) is 7.24. The van der Waals surface area contributed by atoms with E-state index in [0.29, 0.717) is 19.5 Å². The lowest BCUT2D eigenvalue weighted by Gasteiger charge is -2.33. The highest BCUT2D eigenvalue weighted by atomic mass is 32.2. The van der Waals surface area contributed by atoms with Crippen LogP contribution in [0.1, 0.15) is 13.3 Å². The molecule has 2 unspecified atom stereocenters. The number of nitrogens with two attached hydrogens (primary N) is 1. The molecular formula is C11H17N3O3S. The molecule has 1 aliphatic heterocycles. The van der Waals surface area contributed by atoms with Gasteiger partial charge in [0.25, 0.3) is 0 Å². The van der Waals surface area contributed by atoms with Crippen LogP contribution >= 0.6 is 0 Å². The third kappa shape index (κ3) is 2.33. The van der Waals surface area contributed by atoms with Gasteiger partial charge in [-0.25, -0.2) is 8.42 Å². The van der Waals surface area contributed by atoms with Crippen LogP contribution < -0.4 is 5.73 Å². The van der Waals surface area contributed by atoms with Gasteiger partial charge in [-0.3, -0.25) is 4.98 Å². The number of nitrogen functional groups attached to an aromatic ring is 1. The van der Waals surface area contributed by atoms with Crippen molar-refractivity contribution in [3.05, 3.63) is 18.5 Å². The lowest BCUT2D eigenvalue weighted by atomic mass is 9.99. The maximum Gasteiger partial charge on any atom is 0.246 e. The van der Waals surface area contributed by atoms with E-state index in [-0.39, 0.29) is 16.5 Å². The first-order chi connectivity index (χ1) is 8.43. The highest BCUT2D eigenvalue weighted by Gasteiger charge is 2.33. The molecule has 100 valence electrons. The molecule has 1 fully saturated rings. The van der Waals surface area contributed by atoms with Gasteiger partial charge in [-0.05, 0) is 18.4 Å². The van der Waals surface area contributed by atoms with Crippen molar-refractivity contribution in [2.45, 2.75) is 24.3 Å². The first kappa shape index (κ1) is 13.3. The molecule has 0 spiro atoms. The molecule has 0 aliphatic carbocycles. The molecule has 2 heterocycles. The second-order valence-corrected chi connectivity index (χ2v) is 6.52. The summed E-state index contributed by atoms with van der Waals surface area (Å²) in [6.45, 7) is 2.44. The first-order valence-electron chi connectivity index (χ1n) is 5.80. The molecule has 0 bridgehead atoms. The van der Waals surface area contributed by atoms with Gasteiger partial charge >= 0.3 is 0 Å². The van der Waals surface area contributed by atoms with Gasteiger partial charge < -0.3 is 10.8 Å². The third-order valence-corrected chi connectivity index (χ3v) is 5.17. The lowest BCUT2D eigenvalue weighted by Crippen LogP contribution is -2.45. The molecule has 6 nitrogen and oxygen atoms in total. The zero-order valence-corrected chi connectivity index (χ0v) is 11.0. The molecule has 2 atom stereocenters. The highest BCUT2D eigenvalue weighted by Crippen LogP contribution is 2.26. The van der Waals surface area contributed by atoms with Crippen LogP contribution in [0.3, 0.4) is 0 Å².